The Labute approximate surface area is 144 Å². The molecule has 4 rings (SSSR count). The Morgan fingerprint density at radius 1 is 0.542 bits per heavy atom. The van der Waals surface area contributed by atoms with Crippen molar-refractivity contribution in [3.05, 3.63) is 96.1 Å². The first-order valence-electron chi connectivity index (χ1n) is 8.57. The second-order valence-corrected chi connectivity index (χ2v) is 6.61. The highest BCUT2D eigenvalue weighted by Gasteiger charge is 1.96. The maximum absolute atomic E-state index is 2.24. The lowest BCUT2D eigenvalue weighted by Gasteiger charge is -2.03. The molecule has 0 N–H and O–H groups in total. The predicted molar refractivity (Wildman–Crippen MR) is 107 cm³/mol. The van der Waals surface area contributed by atoms with Crippen molar-refractivity contribution in [3.8, 4) is 0 Å². The van der Waals surface area contributed by atoms with Gasteiger partial charge in [-0.15, -0.1) is 0 Å². The van der Waals surface area contributed by atoms with Crippen LogP contribution in [0.3, 0.4) is 0 Å². The zero-order chi connectivity index (χ0) is 16.9. The molecular weight excluding hydrogens is 288 g/mol. The number of benzene rings is 4. The van der Waals surface area contributed by atoms with Gasteiger partial charge in [0.1, 0.15) is 0 Å². The highest BCUT2D eigenvalue weighted by Crippen LogP contribution is 2.22. The van der Waals surface area contributed by atoms with Crippen LogP contribution >= 0.6 is 0 Å². The molecule has 0 aliphatic heterocycles. The molecule has 0 nitrogen and oxygen atoms in total. The Morgan fingerprint density at radius 2 is 0.917 bits per heavy atom. The third-order valence-electron chi connectivity index (χ3n) is 4.36. The Kier molecular flexibility index (Phi) is 4.96. The molecule has 0 radical (unpaired) electrons. The molecule has 0 saturated heterocycles. The molecule has 0 spiro atoms. The van der Waals surface area contributed by atoms with Crippen LogP contribution in [-0.2, 0) is 0 Å². The summed E-state index contributed by atoms with van der Waals surface area (Å²) >= 11 is 0. The standard InChI is InChI=1S/C14H10.C10H14/c1-2-6-12-10-14-8-4-3-7-13(14)9-11(12)5-1;1-8(2)10-6-4-9(3)5-7-10/h1-10H;4-8H,1-3H3. The first kappa shape index (κ1) is 16.3. The smallest absolute Gasteiger partial charge is 0.0178 e. The second kappa shape index (κ2) is 7.31. The number of fused-ring (bicyclic) bond motifs is 2. The van der Waals surface area contributed by atoms with Crippen molar-refractivity contribution in [2.45, 2.75) is 26.7 Å². The van der Waals surface area contributed by atoms with Gasteiger partial charge in [0, 0.05) is 0 Å². The third-order valence-corrected chi connectivity index (χ3v) is 4.36. The molecule has 0 atom stereocenters. The molecule has 24 heavy (non-hydrogen) atoms. The molecule has 4 aromatic carbocycles. The van der Waals surface area contributed by atoms with E-state index < -0.39 is 0 Å². The summed E-state index contributed by atoms with van der Waals surface area (Å²) in [7, 11) is 0. The van der Waals surface area contributed by atoms with Crippen LogP contribution in [0.15, 0.2) is 84.9 Å². The van der Waals surface area contributed by atoms with Crippen molar-refractivity contribution in [2.75, 3.05) is 0 Å². The summed E-state index contributed by atoms with van der Waals surface area (Å²) in [4.78, 5) is 0. The molecule has 0 unspecified atom stereocenters. The van der Waals surface area contributed by atoms with E-state index in [1.54, 1.807) is 0 Å². The maximum Gasteiger partial charge on any atom is -0.0178 e. The minimum atomic E-state index is 0.653. The number of aryl methyl sites for hydroxylation is 1. The molecule has 0 aliphatic rings. The van der Waals surface area contributed by atoms with Crippen LogP contribution in [0.1, 0.15) is 30.9 Å². The van der Waals surface area contributed by atoms with Gasteiger partial charge < -0.3 is 0 Å². The lowest BCUT2D eigenvalue weighted by Crippen LogP contribution is -1.85. The van der Waals surface area contributed by atoms with Gasteiger partial charge in [-0.25, -0.2) is 0 Å². The van der Waals surface area contributed by atoms with Crippen molar-refractivity contribution < 1.29 is 0 Å². The zero-order valence-corrected chi connectivity index (χ0v) is 14.7. The van der Waals surface area contributed by atoms with Crippen LogP contribution in [0.2, 0.25) is 0 Å². The fourth-order valence-electron chi connectivity index (χ4n) is 2.83. The lowest BCUT2D eigenvalue weighted by atomic mass is 10.0. The summed E-state index contributed by atoms with van der Waals surface area (Å²) in [6.07, 6.45) is 0. The first-order valence-corrected chi connectivity index (χ1v) is 8.57. The first-order chi connectivity index (χ1) is 11.6. The largest absolute Gasteiger partial charge is 0.0616 e. The summed E-state index contributed by atoms with van der Waals surface area (Å²) < 4.78 is 0. The van der Waals surface area contributed by atoms with Crippen molar-refractivity contribution in [2.24, 2.45) is 0 Å². The maximum atomic E-state index is 2.24. The quantitative estimate of drug-likeness (QED) is 0.328. The van der Waals surface area contributed by atoms with E-state index in [-0.39, 0.29) is 0 Å². The third kappa shape index (κ3) is 3.83. The van der Waals surface area contributed by atoms with Gasteiger partial charge in [-0.2, -0.15) is 0 Å². The normalized spacial score (nSPS) is 10.7. The monoisotopic (exact) mass is 312 g/mol. The Bertz CT molecular complexity index is 826. The minimum Gasteiger partial charge on any atom is -0.0616 e. The van der Waals surface area contributed by atoms with Gasteiger partial charge in [-0.3, -0.25) is 0 Å². The Hall–Kier alpha value is -2.60. The van der Waals surface area contributed by atoms with Crippen LogP contribution in [-0.4, -0.2) is 0 Å². The molecule has 0 aliphatic carbocycles. The van der Waals surface area contributed by atoms with Gasteiger partial charge in [-0.1, -0.05) is 92.2 Å². The summed E-state index contributed by atoms with van der Waals surface area (Å²) in [6, 6.07) is 30.1. The van der Waals surface area contributed by atoms with E-state index in [1.807, 2.05) is 0 Å². The molecule has 0 bridgehead atoms. The Balaban J connectivity index is 0.000000150. The SMILES string of the molecule is Cc1ccc(C(C)C)cc1.c1ccc2cc3ccccc3cc2c1. The van der Waals surface area contributed by atoms with E-state index in [2.05, 4.69) is 106 Å². The average molecular weight is 312 g/mol. The van der Waals surface area contributed by atoms with Gasteiger partial charge in [0.25, 0.3) is 0 Å². The summed E-state index contributed by atoms with van der Waals surface area (Å²) in [5, 5.41) is 5.25. The van der Waals surface area contributed by atoms with Crippen LogP contribution in [0.25, 0.3) is 21.5 Å². The molecular formula is C24H24. The molecule has 4 aromatic rings. The second-order valence-electron chi connectivity index (χ2n) is 6.61. The van der Waals surface area contributed by atoms with E-state index in [0.717, 1.165) is 0 Å². The van der Waals surface area contributed by atoms with Crippen LogP contribution in [0.4, 0.5) is 0 Å². The van der Waals surface area contributed by atoms with E-state index in [4.69, 9.17) is 0 Å². The minimum absolute atomic E-state index is 0.653. The molecule has 0 fully saturated rings. The molecule has 0 saturated carbocycles. The Morgan fingerprint density at radius 3 is 1.25 bits per heavy atom. The molecule has 0 heteroatoms. The fraction of sp³-hybridized carbons (Fsp3) is 0.167. The number of hydrogen-bond donors (Lipinski definition) is 0. The van der Waals surface area contributed by atoms with E-state index in [9.17, 15) is 0 Å². The summed E-state index contributed by atoms with van der Waals surface area (Å²) in [5.41, 5.74) is 2.76. The molecule has 0 heterocycles. The summed E-state index contributed by atoms with van der Waals surface area (Å²) in [6.45, 7) is 6.54. The number of rotatable bonds is 1. The van der Waals surface area contributed by atoms with Gasteiger partial charge in [0.2, 0.25) is 0 Å². The van der Waals surface area contributed by atoms with Crippen molar-refractivity contribution in [1.82, 2.24) is 0 Å². The van der Waals surface area contributed by atoms with E-state index in [1.165, 1.54) is 32.7 Å². The van der Waals surface area contributed by atoms with Crippen LogP contribution in [0, 0.1) is 6.92 Å². The topological polar surface area (TPSA) is 0 Å². The van der Waals surface area contributed by atoms with E-state index in [0.29, 0.717) is 5.92 Å². The van der Waals surface area contributed by atoms with Gasteiger partial charge in [0.15, 0.2) is 0 Å². The van der Waals surface area contributed by atoms with Gasteiger partial charge in [0.05, 0.1) is 0 Å². The molecule has 0 aromatic heterocycles. The van der Waals surface area contributed by atoms with Gasteiger partial charge >= 0.3 is 0 Å². The van der Waals surface area contributed by atoms with E-state index >= 15 is 0 Å². The lowest BCUT2D eigenvalue weighted by molar-refractivity contribution is 0.866. The van der Waals surface area contributed by atoms with Gasteiger partial charge in [-0.05, 0) is 52.1 Å². The molecule has 0 amide bonds. The van der Waals surface area contributed by atoms with Crippen molar-refractivity contribution in [3.63, 3.8) is 0 Å². The predicted octanol–water partition coefficient (Wildman–Crippen LogP) is 7.11. The average Bonchev–Trinajstić information content (AvgIpc) is 2.61. The van der Waals surface area contributed by atoms with Crippen molar-refractivity contribution >= 4 is 21.5 Å². The summed E-state index contributed by atoms with van der Waals surface area (Å²) in [5.74, 6) is 0.653. The fourth-order valence-corrected chi connectivity index (χ4v) is 2.83. The number of hydrogen-bond acceptors (Lipinski definition) is 0. The zero-order valence-electron chi connectivity index (χ0n) is 14.7. The highest BCUT2D eigenvalue weighted by molar-refractivity contribution is 5.98. The van der Waals surface area contributed by atoms with Crippen LogP contribution < -0.4 is 0 Å². The molecule has 120 valence electrons. The van der Waals surface area contributed by atoms with Crippen LogP contribution in [0.5, 0.6) is 0 Å². The highest BCUT2D eigenvalue weighted by atomic mass is 14.0. The van der Waals surface area contributed by atoms with Crippen molar-refractivity contribution in [1.29, 1.82) is 0 Å².